The molecule has 2 rings (SSSR count). The molecule has 0 spiro atoms. The number of rotatable bonds is 8. The molecule has 1 saturated heterocycles. The third-order valence-corrected chi connectivity index (χ3v) is 6.25. The topological polar surface area (TPSA) is 90.9 Å². The van der Waals surface area contributed by atoms with Crippen LogP contribution in [0.2, 0.25) is 0 Å². The number of amides is 1. The van der Waals surface area contributed by atoms with Crippen molar-refractivity contribution in [3.8, 4) is 0 Å². The molecule has 8 heteroatoms. The Labute approximate surface area is 174 Å². The fourth-order valence-corrected chi connectivity index (χ4v) is 4.28. The molecule has 1 aromatic carbocycles. The van der Waals surface area contributed by atoms with Crippen LogP contribution in [-0.4, -0.2) is 69.9 Å². The number of guanidine groups is 1. The predicted molar refractivity (Wildman–Crippen MR) is 118 cm³/mol. The zero-order valence-electron chi connectivity index (χ0n) is 17.7. The molecule has 1 unspecified atom stereocenters. The third-order valence-electron chi connectivity index (χ3n) is 5.27. The Morgan fingerprint density at radius 1 is 1.24 bits per heavy atom. The maximum absolute atomic E-state index is 12.5. The Balaban J connectivity index is 1.70. The molecule has 1 amide bonds. The Hall–Kier alpha value is -2.09. The summed E-state index contributed by atoms with van der Waals surface area (Å²) in [6.45, 7) is 3.66. The van der Waals surface area contributed by atoms with Crippen molar-refractivity contribution in [2.24, 2.45) is 10.9 Å². The molecular weight excluding hydrogens is 388 g/mol. The van der Waals surface area contributed by atoms with E-state index in [-0.39, 0.29) is 24.2 Å². The van der Waals surface area contributed by atoms with E-state index in [1.54, 1.807) is 7.05 Å². The van der Waals surface area contributed by atoms with Crippen LogP contribution in [0.3, 0.4) is 0 Å². The number of sulfone groups is 1. The summed E-state index contributed by atoms with van der Waals surface area (Å²) in [7, 11) is -1.35. The number of hydrogen-bond acceptors (Lipinski definition) is 4. The predicted octanol–water partition coefficient (Wildman–Crippen LogP) is 1.46. The van der Waals surface area contributed by atoms with Crippen LogP contribution < -0.4 is 10.6 Å². The number of nitrogens with zero attached hydrogens (tertiary/aromatic N) is 2. The summed E-state index contributed by atoms with van der Waals surface area (Å²) < 4.78 is 22.6. The molecule has 0 bridgehead atoms. The second kappa shape index (κ2) is 11.2. The van der Waals surface area contributed by atoms with Gasteiger partial charge in [0, 0.05) is 32.4 Å². The molecule has 1 aliphatic heterocycles. The number of aliphatic imine (C=N–C) groups is 1. The van der Waals surface area contributed by atoms with Crippen molar-refractivity contribution < 1.29 is 13.2 Å². The molecule has 2 N–H and O–H groups in total. The normalized spacial score (nSPS) is 17.1. The van der Waals surface area contributed by atoms with Crippen molar-refractivity contribution in [2.45, 2.75) is 38.6 Å². The van der Waals surface area contributed by atoms with Crippen molar-refractivity contribution in [2.75, 3.05) is 38.7 Å². The van der Waals surface area contributed by atoms with Gasteiger partial charge in [0.1, 0.15) is 9.84 Å². The van der Waals surface area contributed by atoms with Crippen LogP contribution in [-0.2, 0) is 21.1 Å². The van der Waals surface area contributed by atoms with E-state index in [1.165, 1.54) is 11.8 Å². The number of benzene rings is 1. The van der Waals surface area contributed by atoms with E-state index in [2.05, 4.69) is 39.9 Å². The first-order chi connectivity index (χ1) is 13.8. The van der Waals surface area contributed by atoms with Gasteiger partial charge in [0.05, 0.1) is 12.3 Å². The molecule has 1 atom stereocenters. The van der Waals surface area contributed by atoms with E-state index in [9.17, 15) is 13.2 Å². The molecule has 1 aliphatic rings. The van der Waals surface area contributed by atoms with Gasteiger partial charge in [-0.2, -0.15) is 0 Å². The van der Waals surface area contributed by atoms with Crippen LogP contribution in [0.5, 0.6) is 0 Å². The van der Waals surface area contributed by atoms with Crippen molar-refractivity contribution in [1.82, 2.24) is 15.5 Å². The zero-order chi connectivity index (χ0) is 21.3. The summed E-state index contributed by atoms with van der Waals surface area (Å²) >= 11 is 0. The molecule has 0 saturated carbocycles. The molecular formula is C21H34N4O3S. The average Bonchev–Trinajstić information content (AvgIpc) is 2.70. The number of likely N-dealkylation sites (tertiary alicyclic amines) is 1. The van der Waals surface area contributed by atoms with Crippen LogP contribution in [0.15, 0.2) is 35.3 Å². The average molecular weight is 423 g/mol. The van der Waals surface area contributed by atoms with Crippen LogP contribution in [0.25, 0.3) is 0 Å². The third kappa shape index (κ3) is 8.85. The van der Waals surface area contributed by atoms with Gasteiger partial charge in [-0.1, -0.05) is 30.3 Å². The SMILES string of the molecule is CN=C(NCC(=O)N1CCC(Cc2ccccc2)CC1)NC(C)CCS(C)(=O)=O. The largest absolute Gasteiger partial charge is 0.354 e. The number of carbonyl (C=O) groups is 1. The highest BCUT2D eigenvalue weighted by molar-refractivity contribution is 7.90. The Morgan fingerprint density at radius 3 is 2.48 bits per heavy atom. The van der Waals surface area contributed by atoms with Gasteiger partial charge in [0.2, 0.25) is 5.91 Å². The summed E-state index contributed by atoms with van der Waals surface area (Å²) in [4.78, 5) is 18.6. The molecule has 29 heavy (non-hydrogen) atoms. The minimum atomic E-state index is -2.99. The van der Waals surface area contributed by atoms with E-state index in [1.807, 2.05) is 17.9 Å². The van der Waals surface area contributed by atoms with Crippen molar-refractivity contribution in [1.29, 1.82) is 0 Å². The number of carbonyl (C=O) groups excluding carboxylic acids is 1. The lowest BCUT2D eigenvalue weighted by atomic mass is 9.90. The van der Waals surface area contributed by atoms with E-state index < -0.39 is 9.84 Å². The van der Waals surface area contributed by atoms with Crippen LogP contribution in [0.1, 0.15) is 31.7 Å². The fourth-order valence-electron chi connectivity index (χ4n) is 3.50. The summed E-state index contributed by atoms with van der Waals surface area (Å²) in [6, 6.07) is 10.5. The van der Waals surface area contributed by atoms with E-state index >= 15 is 0 Å². The monoisotopic (exact) mass is 422 g/mol. The van der Waals surface area contributed by atoms with Gasteiger partial charge in [-0.05, 0) is 44.1 Å². The van der Waals surface area contributed by atoms with Crippen molar-refractivity contribution in [3.63, 3.8) is 0 Å². The first-order valence-electron chi connectivity index (χ1n) is 10.2. The van der Waals surface area contributed by atoms with Gasteiger partial charge in [-0.15, -0.1) is 0 Å². The maximum atomic E-state index is 12.5. The smallest absolute Gasteiger partial charge is 0.241 e. The quantitative estimate of drug-likeness (QED) is 0.489. The molecule has 1 aromatic rings. The van der Waals surface area contributed by atoms with Gasteiger partial charge in [0.15, 0.2) is 5.96 Å². The van der Waals surface area contributed by atoms with Gasteiger partial charge in [-0.25, -0.2) is 8.42 Å². The molecule has 1 heterocycles. The highest BCUT2D eigenvalue weighted by Gasteiger charge is 2.23. The lowest BCUT2D eigenvalue weighted by Crippen LogP contribution is -2.48. The highest BCUT2D eigenvalue weighted by Crippen LogP contribution is 2.21. The fraction of sp³-hybridized carbons (Fsp3) is 0.619. The Bertz CT molecular complexity index is 772. The second-order valence-electron chi connectivity index (χ2n) is 7.90. The summed E-state index contributed by atoms with van der Waals surface area (Å²) in [5.41, 5.74) is 1.36. The summed E-state index contributed by atoms with van der Waals surface area (Å²) in [6.07, 6.45) is 4.84. The van der Waals surface area contributed by atoms with Gasteiger partial charge < -0.3 is 15.5 Å². The number of hydrogen-bond donors (Lipinski definition) is 2. The molecule has 1 fully saturated rings. The minimum absolute atomic E-state index is 0.0558. The standard InChI is InChI=1S/C21H34N4O3S/c1-17(11-14-29(3,27)28)24-21(22-2)23-16-20(26)25-12-9-19(10-13-25)15-18-7-5-4-6-8-18/h4-8,17,19H,9-16H2,1-3H3,(H2,22,23,24). The molecule has 7 nitrogen and oxygen atoms in total. The second-order valence-corrected chi connectivity index (χ2v) is 10.2. The van der Waals surface area contributed by atoms with Gasteiger partial charge in [0.25, 0.3) is 0 Å². The lowest BCUT2D eigenvalue weighted by molar-refractivity contribution is -0.131. The molecule has 0 radical (unpaired) electrons. The van der Waals surface area contributed by atoms with Crippen molar-refractivity contribution in [3.05, 3.63) is 35.9 Å². The summed E-state index contributed by atoms with van der Waals surface area (Å²) in [5, 5.41) is 6.18. The lowest BCUT2D eigenvalue weighted by Gasteiger charge is -2.32. The Kier molecular flexibility index (Phi) is 8.95. The van der Waals surface area contributed by atoms with Crippen LogP contribution in [0, 0.1) is 5.92 Å². The van der Waals surface area contributed by atoms with Crippen molar-refractivity contribution >= 4 is 21.7 Å². The van der Waals surface area contributed by atoms with E-state index in [0.29, 0.717) is 18.3 Å². The number of piperidine rings is 1. The minimum Gasteiger partial charge on any atom is -0.354 e. The van der Waals surface area contributed by atoms with E-state index in [0.717, 1.165) is 32.4 Å². The zero-order valence-corrected chi connectivity index (χ0v) is 18.5. The van der Waals surface area contributed by atoms with Gasteiger partial charge >= 0.3 is 0 Å². The number of nitrogens with one attached hydrogen (secondary N) is 2. The first kappa shape index (κ1) is 23.2. The van der Waals surface area contributed by atoms with Crippen LogP contribution >= 0.6 is 0 Å². The first-order valence-corrected chi connectivity index (χ1v) is 12.3. The summed E-state index contributed by atoms with van der Waals surface area (Å²) in [5.74, 6) is 1.32. The molecule has 0 aromatic heterocycles. The molecule has 162 valence electrons. The Morgan fingerprint density at radius 2 is 1.90 bits per heavy atom. The van der Waals surface area contributed by atoms with Gasteiger partial charge in [-0.3, -0.25) is 9.79 Å². The maximum Gasteiger partial charge on any atom is 0.241 e. The van der Waals surface area contributed by atoms with Crippen LogP contribution in [0.4, 0.5) is 0 Å². The highest BCUT2D eigenvalue weighted by atomic mass is 32.2. The van der Waals surface area contributed by atoms with E-state index in [4.69, 9.17) is 0 Å². The molecule has 0 aliphatic carbocycles.